The standard InChI is InChI=1S/C17H15N5O2/c1-18-17-20-15(12-5-3-2-4-6-12)11-16(21-17)19-13-7-9-14(10-8-13)22(23)24/h2-11H,1H3,(H2,18,19,20,21). The van der Waals surface area contributed by atoms with E-state index in [9.17, 15) is 10.1 Å². The molecule has 1 aromatic heterocycles. The summed E-state index contributed by atoms with van der Waals surface area (Å²) in [7, 11) is 1.75. The van der Waals surface area contributed by atoms with E-state index in [0.29, 0.717) is 17.5 Å². The van der Waals surface area contributed by atoms with Crippen molar-refractivity contribution in [1.82, 2.24) is 9.97 Å². The third kappa shape index (κ3) is 3.46. The second kappa shape index (κ2) is 6.74. The first-order valence-electron chi connectivity index (χ1n) is 7.29. The molecular formula is C17H15N5O2. The maximum atomic E-state index is 10.7. The lowest BCUT2D eigenvalue weighted by Crippen LogP contribution is -2.02. The quantitative estimate of drug-likeness (QED) is 0.548. The number of hydrogen-bond donors (Lipinski definition) is 2. The molecule has 0 spiro atoms. The molecule has 0 fully saturated rings. The zero-order chi connectivity index (χ0) is 16.9. The molecular weight excluding hydrogens is 306 g/mol. The smallest absolute Gasteiger partial charge is 0.269 e. The summed E-state index contributed by atoms with van der Waals surface area (Å²) < 4.78 is 0. The highest BCUT2D eigenvalue weighted by Crippen LogP contribution is 2.24. The molecule has 0 radical (unpaired) electrons. The fraction of sp³-hybridized carbons (Fsp3) is 0.0588. The van der Waals surface area contributed by atoms with Crippen LogP contribution in [0.2, 0.25) is 0 Å². The second-order valence-corrected chi connectivity index (χ2v) is 5.01. The van der Waals surface area contributed by atoms with E-state index in [0.717, 1.165) is 11.3 Å². The summed E-state index contributed by atoms with van der Waals surface area (Å²) in [5.41, 5.74) is 2.51. The van der Waals surface area contributed by atoms with E-state index in [-0.39, 0.29) is 5.69 Å². The Kier molecular flexibility index (Phi) is 4.33. The van der Waals surface area contributed by atoms with Crippen LogP contribution in [0.15, 0.2) is 60.7 Å². The molecule has 7 nitrogen and oxygen atoms in total. The maximum Gasteiger partial charge on any atom is 0.269 e. The van der Waals surface area contributed by atoms with Crippen molar-refractivity contribution in [2.45, 2.75) is 0 Å². The summed E-state index contributed by atoms with van der Waals surface area (Å²) in [4.78, 5) is 19.1. The van der Waals surface area contributed by atoms with Crippen molar-refractivity contribution in [3.8, 4) is 11.3 Å². The molecule has 0 aliphatic heterocycles. The second-order valence-electron chi connectivity index (χ2n) is 5.01. The highest BCUT2D eigenvalue weighted by atomic mass is 16.6. The van der Waals surface area contributed by atoms with Crippen molar-refractivity contribution < 1.29 is 4.92 Å². The van der Waals surface area contributed by atoms with E-state index < -0.39 is 4.92 Å². The summed E-state index contributed by atoms with van der Waals surface area (Å²) in [6.07, 6.45) is 0. The molecule has 0 bridgehead atoms. The van der Waals surface area contributed by atoms with Crippen LogP contribution in [0, 0.1) is 10.1 Å². The van der Waals surface area contributed by atoms with Gasteiger partial charge < -0.3 is 10.6 Å². The molecule has 3 aromatic rings. The molecule has 0 saturated carbocycles. The van der Waals surface area contributed by atoms with Gasteiger partial charge >= 0.3 is 0 Å². The lowest BCUT2D eigenvalue weighted by molar-refractivity contribution is -0.384. The van der Waals surface area contributed by atoms with E-state index in [1.165, 1.54) is 12.1 Å². The van der Waals surface area contributed by atoms with Gasteiger partial charge in [-0.3, -0.25) is 10.1 Å². The largest absolute Gasteiger partial charge is 0.357 e. The molecule has 2 N–H and O–H groups in total. The van der Waals surface area contributed by atoms with Crippen molar-refractivity contribution >= 4 is 23.1 Å². The fourth-order valence-electron chi connectivity index (χ4n) is 2.19. The number of benzene rings is 2. The number of nitrogens with one attached hydrogen (secondary N) is 2. The summed E-state index contributed by atoms with van der Waals surface area (Å²) >= 11 is 0. The van der Waals surface area contributed by atoms with Crippen LogP contribution in [0.25, 0.3) is 11.3 Å². The molecule has 0 amide bonds. The Balaban J connectivity index is 1.91. The van der Waals surface area contributed by atoms with Crippen molar-refractivity contribution in [2.24, 2.45) is 0 Å². The molecule has 3 rings (SSSR count). The fourth-order valence-corrected chi connectivity index (χ4v) is 2.19. The number of nitrogens with zero attached hydrogens (tertiary/aromatic N) is 3. The van der Waals surface area contributed by atoms with Gasteiger partial charge in [-0.15, -0.1) is 0 Å². The predicted octanol–water partition coefficient (Wildman–Crippen LogP) is 3.84. The number of nitro benzene ring substituents is 1. The van der Waals surface area contributed by atoms with Gasteiger partial charge in [0.2, 0.25) is 5.95 Å². The Labute approximate surface area is 138 Å². The van der Waals surface area contributed by atoms with Crippen LogP contribution in [0.5, 0.6) is 0 Å². The van der Waals surface area contributed by atoms with Crippen LogP contribution in [0.4, 0.5) is 23.1 Å². The number of non-ortho nitro benzene ring substituents is 1. The number of anilines is 3. The van der Waals surface area contributed by atoms with Gasteiger partial charge in [-0.1, -0.05) is 30.3 Å². The van der Waals surface area contributed by atoms with E-state index in [2.05, 4.69) is 20.6 Å². The predicted molar refractivity (Wildman–Crippen MR) is 93.4 cm³/mol. The highest BCUT2D eigenvalue weighted by molar-refractivity contribution is 5.67. The van der Waals surface area contributed by atoms with Gasteiger partial charge in [-0.2, -0.15) is 4.98 Å². The lowest BCUT2D eigenvalue weighted by Gasteiger charge is -2.10. The minimum atomic E-state index is -0.429. The van der Waals surface area contributed by atoms with E-state index in [4.69, 9.17) is 0 Å². The normalized spacial score (nSPS) is 10.2. The lowest BCUT2D eigenvalue weighted by atomic mass is 10.1. The van der Waals surface area contributed by atoms with Gasteiger partial charge in [0.05, 0.1) is 10.6 Å². The third-order valence-corrected chi connectivity index (χ3v) is 3.37. The van der Waals surface area contributed by atoms with Crippen LogP contribution in [-0.4, -0.2) is 21.9 Å². The first kappa shape index (κ1) is 15.4. The molecule has 0 aliphatic rings. The Morgan fingerprint density at radius 2 is 1.71 bits per heavy atom. The molecule has 0 saturated heterocycles. The molecule has 0 unspecified atom stereocenters. The van der Waals surface area contributed by atoms with Gasteiger partial charge in [-0.25, -0.2) is 4.98 Å². The van der Waals surface area contributed by atoms with Crippen LogP contribution in [0.1, 0.15) is 0 Å². The highest BCUT2D eigenvalue weighted by Gasteiger charge is 2.08. The summed E-state index contributed by atoms with van der Waals surface area (Å²) in [6, 6.07) is 17.8. The molecule has 24 heavy (non-hydrogen) atoms. The molecule has 0 atom stereocenters. The van der Waals surface area contributed by atoms with Crippen LogP contribution in [-0.2, 0) is 0 Å². The average molecular weight is 321 g/mol. The third-order valence-electron chi connectivity index (χ3n) is 3.37. The van der Waals surface area contributed by atoms with Gasteiger partial charge in [0.15, 0.2) is 0 Å². The molecule has 0 aliphatic carbocycles. The summed E-state index contributed by atoms with van der Waals surface area (Å²) in [5, 5.41) is 16.8. The summed E-state index contributed by atoms with van der Waals surface area (Å²) in [6.45, 7) is 0. The van der Waals surface area contributed by atoms with Crippen LogP contribution in [0.3, 0.4) is 0 Å². The SMILES string of the molecule is CNc1nc(Nc2ccc([N+](=O)[O-])cc2)cc(-c2ccccc2)n1. The Hall–Kier alpha value is -3.48. The Bertz CT molecular complexity index is 851. The van der Waals surface area contributed by atoms with E-state index in [1.54, 1.807) is 19.2 Å². The van der Waals surface area contributed by atoms with Crippen molar-refractivity contribution in [1.29, 1.82) is 0 Å². The van der Waals surface area contributed by atoms with Gasteiger partial charge in [-0.05, 0) is 12.1 Å². The van der Waals surface area contributed by atoms with Crippen LogP contribution < -0.4 is 10.6 Å². The Morgan fingerprint density at radius 3 is 2.33 bits per heavy atom. The molecule has 2 aromatic carbocycles. The number of nitro groups is 1. The topological polar surface area (TPSA) is 93.0 Å². The number of aromatic nitrogens is 2. The van der Waals surface area contributed by atoms with Crippen LogP contribution >= 0.6 is 0 Å². The van der Waals surface area contributed by atoms with E-state index in [1.807, 2.05) is 36.4 Å². The Morgan fingerprint density at radius 1 is 1.00 bits per heavy atom. The maximum absolute atomic E-state index is 10.7. The van der Waals surface area contributed by atoms with Crippen molar-refractivity contribution in [3.63, 3.8) is 0 Å². The monoisotopic (exact) mass is 321 g/mol. The summed E-state index contributed by atoms with van der Waals surface area (Å²) in [5.74, 6) is 1.09. The first-order chi connectivity index (χ1) is 11.7. The molecule has 7 heteroatoms. The average Bonchev–Trinajstić information content (AvgIpc) is 2.62. The van der Waals surface area contributed by atoms with Crippen molar-refractivity contribution in [3.05, 3.63) is 70.8 Å². The number of hydrogen-bond acceptors (Lipinski definition) is 6. The number of rotatable bonds is 5. The zero-order valence-electron chi connectivity index (χ0n) is 12.9. The zero-order valence-corrected chi connectivity index (χ0v) is 12.9. The van der Waals surface area contributed by atoms with Gasteiger partial charge in [0.1, 0.15) is 5.82 Å². The van der Waals surface area contributed by atoms with Gasteiger partial charge in [0, 0.05) is 36.5 Å². The minimum absolute atomic E-state index is 0.0455. The van der Waals surface area contributed by atoms with Gasteiger partial charge in [0.25, 0.3) is 5.69 Å². The first-order valence-corrected chi connectivity index (χ1v) is 7.29. The minimum Gasteiger partial charge on any atom is -0.357 e. The molecule has 120 valence electrons. The van der Waals surface area contributed by atoms with E-state index >= 15 is 0 Å². The molecule has 1 heterocycles. The van der Waals surface area contributed by atoms with Crippen molar-refractivity contribution in [2.75, 3.05) is 17.7 Å².